The zero-order valence-electron chi connectivity index (χ0n) is 33.1. The number of aliphatic hydroxyl groups excluding tert-OH is 1. The Morgan fingerprint density at radius 3 is 2.13 bits per heavy atom. The van der Waals surface area contributed by atoms with Crippen LogP contribution < -0.4 is 38.1 Å². The predicted molar refractivity (Wildman–Crippen MR) is 216 cm³/mol. The van der Waals surface area contributed by atoms with E-state index >= 15 is 0 Å². The average Bonchev–Trinajstić information content (AvgIpc) is 3.88. The van der Waals surface area contributed by atoms with Crippen LogP contribution in [0.5, 0.6) is 0 Å². The van der Waals surface area contributed by atoms with E-state index in [1.165, 1.54) is 4.90 Å². The third-order valence-electron chi connectivity index (χ3n) is 9.97. The Hall–Kier alpha value is -6.87. The first-order chi connectivity index (χ1) is 29.1. The normalized spacial score (nSPS) is 16.0. The number of amides is 7. The van der Waals surface area contributed by atoms with Gasteiger partial charge in [0.2, 0.25) is 41.4 Å². The third-order valence-corrected chi connectivity index (χ3v) is 9.97. The van der Waals surface area contributed by atoms with Crippen molar-refractivity contribution in [3.05, 3.63) is 71.9 Å². The molecule has 0 saturated carbocycles. The van der Waals surface area contributed by atoms with Crippen LogP contribution in [-0.2, 0) is 56.0 Å². The monoisotopic (exact) mass is 849 g/mol. The minimum Gasteiger partial charge on any atom is -0.481 e. The Morgan fingerprint density at radius 2 is 1.46 bits per heavy atom. The van der Waals surface area contributed by atoms with Crippen LogP contribution in [0.3, 0.4) is 0 Å². The number of hydrogen-bond donors (Lipinski definition) is 11. The van der Waals surface area contributed by atoms with E-state index in [9.17, 15) is 58.5 Å². The number of primary amides is 1. The van der Waals surface area contributed by atoms with Crippen molar-refractivity contribution in [3.8, 4) is 0 Å². The number of nitrogens with two attached hydrogens (primary N) is 2. The highest BCUT2D eigenvalue weighted by molar-refractivity contribution is 5.98. The lowest BCUT2D eigenvalue weighted by atomic mass is 10.0. The number of nitrogens with zero attached hydrogens (tertiary/aromatic N) is 1. The fourth-order valence-corrected chi connectivity index (χ4v) is 6.83. The van der Waals surface area contributed by atoms with Crippen molar-refractivity contribution >= 4 is 64.2 Å². The third kappa shape index (κ3) is 13.9. The molecule has 4 rings (SSSR count). The number of H-pyrrole nitrogens is 1. The van der Waals surface area contributed by atoms with Crippen molar-refractivity contribution in [2.45, 2.75) is 87.6 Å². The van der Waals surface area contributed by atoms with Gasteiger partial charge in [-0.3, -0.25) is 38.4 Å². The molecule has 1 saturated heterocycles. The number of para-hydroxylation sites is 1. The number of benzene rings is 2. The lowest BCUT2D eigenvalue weighted by Gasteiger charge is -2.30. The summed E-state index contributed by atoms with van der Waals surface area (Å²) in [5.41, 5.74) is 13.5. The maximum absolute atomic E-state index is 14.3. The summed E-state index contributed by atoms with van der Waals surface area (Å²) in [4.78, 5) is 120. The lowest BCUT2D eigenvalue weighted by molar-refractivity contribution is -0.145. The van der Waals surface area contributed by atoms with Crippen molar-refractivity contribution in [2.24, 2.45) is 11.5 Å². The molecule has 3 aromatic rings. The lowest BCUT2D eigenvalue weighted by Crippen LogP contribution is -2.59. The van der Waals surface area contributed by atoms with Gasteiger partial charge in [0.25, 0.3) is 0 Å². The number of nitrogens with one attached hydrogen (secondary N) is 6. The maximum Gasteiger partial charge on any atom is 0.328 e. The SMILES string of the molecule is NC(=O)C[C@H](NC(=O)[C@H](CCC(=O)O)NC(=O)CCNC(=O)[C@@H](N)Cc1ccccc1)C(=O)N[C@@H](Cc1c[nH]c2ccccc12)C(=O)N1CCC[C@H]1C(=O)N[C@@H](CO)C(=O)O. The molecule has 7 amide bonds. The zero-order valence-corrected chi connectivity index (χ0v) is 33.1. The van der Waals surface area contributed by atoms with Crippen molar-refractivity contribution in [3.63, 3.8) is 0 Å². The Balaban J connectivity index is 1.49. The summed E-state index contributed by atoms with van der Waals surface area (Å²) >= 11 is 0. The first kappa shape index (κ1) is 46.8. The largest absolute Gasteiger partial charge is 0.481 e. The van der Waals surface area contributed by atoms with Crippen LogP contribution in [0.1, 0.15) is 49.7 Å². The molecular formula is C40H51N9O12. The fraction of sp³-hybridized carbons (Fsp3) is 0.425. The van der Waals surface area contributed by atoms with E-state index in [0.29, 0.717) is 22.9 Å². The number of likely N-dealkylation sites (tertiary alicyclic amines) is 1. The van der Waals surface area contributed by atoms with E-state index in [-0.39, 0.29) is 38.8 Å². The number of carbonyl (C=O) groups excluding carboxylic acids is 7. The molecule has 2 aromatic carbocycles. The highest BCUT2D eigenvalue weighted by atomic mass is 16.4. The van der Waals surface area contributed by atoms with E-state index in [2.05, 4.69) is 31.6 Å². The zero-order chi connectivity index (χ0) is 44.6. The second kappa shape index (κ2) is 22.5. The molecule has 61 heavy (non-hydrogen) atoms. The molecule has 0 radical (unpaired) electrons. The summed E-state index contributed by atoms with van der Waals surface area (Å²) in [6.07, 6.45) is 0.0303. The Bertz CT molecular complexity index is 2080. The molecule has 1 fully saturated rings. The van der Waals surface area contributed by atoms with Gasteiger partial charge in [-0.25, -0.2) is 4.79 Å². The van der Waals surface area contributed by atoms with Crippen molar-refractivity contribution < 1.29 is 58.5 Å². The van der Waals surface area contributed by atoms with Crippen LogP contribution in [0.4, 0.5) is 0 Å². The Labute approximate surface area is 349 Å². The number of aliphatic carboxylic acids is 2. The fourth-order valence-electron chi connectivity index (χ4n) is 6.83. The Morgan fingerprint density at radius 1 is 0.787 bits per heavy atom. The highest BCUT2D eigenvalue weighted by Gasteiger charge is 2.40. The van der Waals surface area contributed by atoms with E-state index in [1.54, 1.807) is 54.7 Å². The maximum atomic E-state index is 14.3. The number of carbonyl (C=O) groups is 9. The van der Waals surface area contributed by atoms with Crippen molar-refractivity contribution in [1.82, 2.24) is 36.5 Å². The highest BCUT2D eigenvalue weighted by Crippen LogP contribution is 2.23. The number of carboxylic acid groups (broad SMARTS) is 2. The van der Waals surface area contributed by atoms with Gasteiger partial charge in [-0.1, -0.05) is 48.5 Å². The molecule has 0 bridgehead atoms. The van der Waals surface area contributed by atoms with Crippen LogP contribution in [0, 0.1) is 0 Å². The van der Waals surface area contributed by atoms with Gasteiger partial charge in [0.05, 0.1) is 19.1 Å². The van der Waals surface area contributed by atoms with Crippen molar-refractivity contribution in [1.29, 1.82) is 0 Å². The molecule has 0 spiro atoms. The van der Waals surface area contributed by atoms with Gasteiger partial charge < -0.3 is 63.3 Å². The number of aromatic amines is 1. The molecule has 2 heterocycles. The number of rotatable bonds is 23. The second-order valence-corrected chi connectivity index (χ2v) is 14.5. The average molecular weight is 850 g/mol. The van der Waals surface area contributed by atoms with Crippen LogP contribution in [0.2, 0.25) is 0 Å². The first-order valence-corrected chi connectivity index (χ1v) is 19.5. The molecular weight excluding hydrogens is 798 g/mol. The topological polar surface area (TPSA) is 346 Å². The summed E-state index contributed by atoms with van der Waals surface area (Å²) in [6, 6.07) is 7.69. The second-order valence-electron chi connectivity index (χ2n) is 14.5. The molecule has 21 nitrogen and oxygen atoms in total. The minimum atomic E-state index is -1.74. The van der Waals surface area contributed by atoms with Gasteiger partial charge in [0.15, 0.2) is 0 Å². The number of hydrogen-bond acceptors (Lipinski definition) is 11. The molecule has 13 N–H and O–H groups in total. The van der Waals surface area contributed by atoms with E-state index in [1.807, 2.05) is 6.07 Å². The molecule has 0 aliphatic carbocycles. The van der Waals surface area contributed by atoms with Crippen molar-refractivity contribution in [2.75, 3.05) is 19.7 Å². The summed E-state index contributed by atoms with van der Waals surface area (Å²) in [5.74, 6) is -8.85. The van der Waals surface area contributed by atoms with Crippen LogP contribution in [0.25, 0.3) is 10.9 Å². The van der Waals surface area contributed by atoms with Gasteiger partial charge in [-0.2, -0.15) is 0 Å². The first-order valence-electron chi connectivity index (χ1n) is 19.5. The Kier molecular flexibility index (Phi) is 17.3. The van der Waals surface area contributed by atoms with E-state index < -0.39 is 115 Å². The smallest absolute Gasteiger partial charge is 0.328 e. The summed E-state index contributed by atoms with van der Waals surface area (Å²) in [5, 5.41) is 40.9. The minimum absolute atomic E-state index is 0.0462. The van der Waals surface area contributed by atoms with E-state index in [0.717, 1.165) is 5.56 Å². The molecule has 1 aliphatic heterocycles. The molecule has 6 atom stereocenters. The van der Waals surface area contributed by atoms with Gasteiger partial charge >= 0.3 is 11.9 Å². The van der Waals surface area contributed by atoms with Gasteiger partial charge in [0.1, 0.15) is 30.2 Å². The molecule has 1 aliphatic rings. The predicted octanol–water partition coefficient (Wildman–Crippen LogP) is -2.47. The summed E-state index contributed by atoms with van der Waals surface area (Å²) < 4.78 is 0. The molecule has 0 unspecified atom stereocenters. The summed E-state index contributed by atoms with van der Waals surface area (Å²) in [6.45, 7) is -1.04. The van der Waals surface area contributed by atoms with Gasteiger partial charge in [0, 0.05) is 49.5 Å². The van der Waals surface area contributed by atoms with Gasteiger partial charge in [-0.15, -0.1) is 0 Å². The van der Waals surface area contributed by atoms with Crippen LogP contribution in [0.15, 0.2) is 60.8 Å². The molecule has 21 heteroatoms. The number of aliphatic hydroxyl groups is 1. The quantitative estimate of drug-likeness (QED) is 0.0472. The number of aromatic nitrogens is 1. The molecule has 1 aromatic heterocycles. The standard InChI is InChI=1S/C40H51N9O12/c41-25(17-22-7-2-1-3-8-22)35(55)43-15-14-33(52)45-27(12-13-34(53)54)36(56)46-28(19-32(42)51)37(57)47-29(18-23-20-44-26-10-5-4-9-24(23)26)39(59)49-16-6-11-31(49)38(58)48-30(21-50)40(60)61/h1-5,7-10,20,25,27-31,44,50H,6,11-19,21,41H2,(H2,42,51)(H,43,55)(H,45,52)(H,46,56)(H,47,57)(H,48,58)(H,53,54)(H,60,61)/t25-,27-,28-,29-,30-,31-/m0/s1. The van der Waals surface area contributed by atoms with Crippen LogP contribution in [-0.4, -0.2) is 134 Å². The number of carboxylic acids is 2. The van der Waals surface area contributed by atoms with E-state index in [4.69, 9.17) is 11.5 Å². The van der Waals surface area contributed by atoms with Crippen LogP contribution >= 0.6 is 0 Å². The molecule has 328 valence electrons. The van der Waals surface area contributed by atoms with Gasteiger partial charge in [-0.05, 0) is 42.9 Å². The summed E-state index contributed by atoms with van der Waals surface area (Å²) in [7, 11) is 0. The number of fused-ring (bicyclic) bond motifs is 1.